The van der Waals surface area contributed by atoms with E-state index in [0.717, 1.165) is 16.8 Å². The fourth-order valence-corrected chi connectivity index (χ4v) is 3.80. The summed E-state index contributed by atoms with van der Waals surface area (Å²) in [5, 5.41) is 6.97. The summed E-state index contributed by atoms with van der Waals surface area (Å²) in [5.74, 6) is -0.360. The van der Waals surface area contributed by atoms with Gasteiger partial charge >= 0.3 is 0 Å². The number of hydrogen-bond donors (Lipinski definition) is 1. The monoisotopic (exact) mass is 395 g/mol. The average Bonchev–Trinajstić information content (AvgIpc) is 3.06. The molecular weight excluding hydrogens is 377 g/mol. The maximum Gasteiger partial charge on any atom is 0.257 e. The summed E-state index contributed by atoms with van der Waals surface area (Å²) in [4.78, 5) is 15.4. The van der Waals surface area contributed by atoms with Crippen LogP contribution in [0.15, 0.2) is 64.5 Å². The van der Waals surface area contributed by atoms with Gasteiger partial charge in [0.15, 0.2) is 0 Å². The number of halogens is 2. The highest BCUT2D eigenvalue weighted by atomic mass is 35.5. The summed E-state index contributed by atoms with van der Waals surface area (Å²) in [6.45, 7) is 3.74. The van der Waals surface area contributed by atoms with E-state index in [1.54, 1.807) is 35.3 Å². The molecule has 1 unspecified atom stereocenters. The molecule has 0 aliphatic carbocycles. The lowest BCUT2D eigenvalue weighted by molar-refractivity contribution is 0.606. The number of anilines is 1. The third-order valence-electron chi connectivity index (χ3n) is 4.92. The highest BCUT2D eigenvalue weighted by molar-refractivity contribution is 6.30. The molecule has 0 radical (unpaired) electrons. The zero-order chi connectivity index (χ0) is 19.8. The van der Waals surface area contributed by atoms with Crippen LogP contribution in [-0.4, -0.2) is 10.7 Å². The molecule has 2 aromatic carbocycles. The van der Waals surface area contributed by atoms with Crippen LogP contribution in [0.3, 0.4) is 0 Å². The first-order valence-corrected chi connectivity index (χ1v) is 9.39. The number of hydrogen-bond acceptors (Lipinski definition) is 3. The molecule has 1 atom stereocenters. The molecule has 0 fully saturated rings. The standard InChI is InChI=1S/C22H19ClFN3O/c1-13-11-14(2)25-22(28)21(13)18-12-20(15-7-9-16(23)10-8-15)27(26-18)19-6-4-3-5-17(19)24/h3-11,20H,12H2,1-2H3,(H,25,28). The fraction of sp³-hybridized carbons (Fsp3) is 0.182. The van der Waals surface area contributed by atoms with Crippen LogP contribution in [0, 0.1) is 19.7 Å². The first kappa shape index (κ1) is 18.4. The third kappa shape index (κ3) is 3.34. The lowest BCUT2D eigenvalue weighted by Crippen LogP contribution is -2.20. The second kappa shape index (κ2) is 7.24. The number of rotatable bonds is 3. The van der Waals surface area contributed by atoms with Gasteiger partial charge in [0.05, 0.1) is 23.0 Å². The Morgan fingerprint density at radius 2 is 1.86 bits per heavy atom. The van der Waals surface area contributed by atoms with Crippen molar-refractivity contribution in [2.75, 3.05) is 5.01 Å². The normalized spacial score (nSPS) is 16.4. The van der Waals surface area contributed by atoms with Gasteiger partial charge in [0, 0.05) is 17.1 Å². The van der Waals surface area contributed by atoms with Crippen LogP contribution in [0.2, 0.25) is 5.02 Å². The molecular formula is C22H19ClFN3O. The molecule has 0 saturated carbocycles. The molecule has 0 spiro atoms. The van der Waals surface area contributed by atoms with Crippen LogP contribution < -0.4 is 10.6 Å². The number of para-hydroxylation sites is 1. The Morgan fingerprint density at radius 1 is 1.14 bits per heavy atom. The molecule has 1 aliphatic rings. The van der Waals surface area contributed by atoms with Crippen molar-refractivity contribution in [2.24, 2.45) is 5.10 Å². The molecule has 4 rings (SSSR count). The highest BCUT2D eigenvalue weighted by Crippen LogP contribution is 2.38. The Kier molecular flexibility index (Phi) is 4.77. The van der Waals surface area contributed by atoms with Crippen molar-refractivity contribution in [3.8, 4) is 0 Å². The van der Waals surface area contributed by atoms with Crippen molar-refractivity contribution in [2.45, 2.75) is 26.3 Å². The van der Waals surface area contributed by atoms with Gasteiger partial charge in [-0.25, -0.2) is 4.39 Å². The van der Waals surface area contributed by atoms with E-state index in [1.807, 2.05) is 32.0 Å². The molecule has 0 amide bonds. The van der Waals surface area contributed by atoms with E-state index in [0.29, 0.717) is 28.4 Å². The fourth-order valence-electron chi connectivity index (χ4n) is 3.68. The van der Waals surface area contributed by atoms with Crippen molar-refractivity contribution in [1.82, 2.24) is 4.98 Å². The smallest absolute Gasteiger partial charge is 0.257 e. The van der Waals surface area contributed by atoms with Crippen molar-refractivity contribution in [3.63, 3.8) is 0 Å². The van der Waals surface area contributed by atoms with E-state index >= 15 is 0 Å². The minimum absolute atomic E-state index is 0.179. The van der Waals surface area contributed by atoms with Gasteiger partial charge in [0.25, 0.3) is 5.56 Å². The topological polar surface area (TPSA) is 48.5 Å². The maximum atomic E-state index is 14.5. The van der Waals surface area contributed by atoms with Crippen LogP contribution in [0.5, 0.6) is 0 Å². The minimum Gasteiger partial charge on any atom is -0.326 e. The largest absolute Gasteiger partial charge is 0.326 e. The van der Waals surface area contributed by atoms with E-state index in [4.69, 9.17) is 11.6 Å². The van der Waals surface area contributed by atoms with Gasteiger partial charge in [-0.05, 0) is 55.3 Å². The molecule has 2 heterocycles. The number of pyridine rings is 1. The number of nitrogens with zero attached hydrogens (tertiary/aromatic N) is 2. The van der Waals surface area contributed by atoms with Crippen molar-refractivity contribution >= 4 is 23.0 Å². The van der Waals surface area contributed by atoms with Gasteiger partial charge < -0.3 is 4.98 Å². The summed E-state index contributed by atoms with van der Waals surface area (Å²) in [7, 11) is 0. The lowest BCUT2D eigenvalue weighted by atomic mass is 9.96. The van der Waals surface area contributed by atoms with E-state index in [1.165, 1.54) is 6.07 Å². The molecule has 0 saturated heterocycles. The van der Waals surface area contributed by atoms with E-state index < -0.39 is 0 Å². The molecule has 1 N–H and O–H groups in total. The summed E-state index contributed by atoms with van der Waals surface area (Å²) >= 11 is 6.03. The van der Waals surface area contributed by atoms with E-state index in [2.05, 4.69) is 10.1 Å². The number of nitrogens with one attached hydrogen (secondary N) is 1. The number of aromatic nitrogens is 1. The summed E-state index contributed by atoms with van der Waals surface area (Å²) in [6, 6.07) is 15.6. The first-order valence-electron chi connectivity index (χ1n) is 9.01. The Hall–Kier alpha value is -2.92. The van der Waals surface area contributed by atoms with Crippen LogP contribution >= 0.6 is 11.6 Å². The predicted molar refractivity (Wildman–Crippen MR) is 111 cm³/mol. The number of hydrazone groups is 1. The molecule has 142 valence electrons. The molecule has 4 nitrogen and oxygen atoms in total. The Labute approximate surface area is 167 Å². The van der Waals surface area contributed by atoms with Gasteiger partial charge in [0.1, 0.15) is 5.82 Å². The van der Waals surface area contributed by atoms with Gasteiger partial charge in [-0.2, -0.15) is 5.10 Å². The second-order valence-corrected chi connectivity index (χ2v) is 7.39. The minimum atomic E-state index is -0.360. The van der Waals surface area contributed by atoms with E-state index in [-0.39, 0.29) is 17.4 Å². The predicted octanol–water partition coefficient (Wildman–Crippen LogP) is 5.14. The SMILES string of the molecule is Cc1cc(C)c(C2=NN(c3ccccc3F)C(c3ccc(Cl)cc3)C2)c(=O)[nH]1. The van der Waals surface area contributed by atoms with Gasteiger partial charge in [-0.3, -0.25) is 9.80 Å². The molecule has 0 bridgehead atoms. The van der Waals surface area contributed by atoms with Crippen molar-refractivity contribution in [3.05, 3.63) is 98.2 Å². The van der Waals surface area contributed by atoms with Crippen molar-refractivity contribution in [1.29, 1.82) is 0 Å². The first-order chi connectivity index (χ1) is 13.4. The number of aryl methyl sites for hydroxylation is 2. The maximum absolute atomic E-state index is 14.5. The molecule has 28 heavy (non-hydrogen) atoms. The molecule has 3 aromatic rings. The van der Waals surface area contributed by atoms with Gasteiger partial charge in [-0.1, -0.05) is 35.9 Å². The third-order valence-corrected chi connectivity index (χ3v) is 5.17. The Bertz CT molecular complexity index is 1120. The summed E-state index contributed by atoms with van der Waals surface area (Å²) in [5.41, 5.74) is 3.98. The summed E-state index contributed by atoms with van der Waals surface area (Å²) in [6.07, 6.45) is 0.489. The Balaban J connectivity index is 1.84. The molecule has 6 heteroatoms. The number of benzene rings is 2. The van der Waals surface area contributed by atoms with Crippen molar-refractivity contribution < 1.29 is 4.39 Å². The highest BCUT2D eigenvalue weighted by Gasteiger charge is 2.32. The van der Waals surface area contributed by atoms with Gasteiger partial charge in [-0.15, -0.1) is 0 Å². The zero-order valence-electron chi connectivity index (χ0n) is 15.5. The quantitative estimate of drug-likeness (QED) is 0.667. The average molecular weight is 396 g/mol. The van der Waals surface area contributed by atoms with E-state index in [9.17, 15) is 9.18 Å². The zero-order valence-corrected chi connectivity index (χ0v) is 16.3. The molecule has 1 aromatic heterocycles. The Morgan fingerprint density at radius 3 is 2.54 bits per heavy atom. The van der Waals surface area contributed by atoms with Crippen LogP contribution in [0.25, 0.3) is 0 Å². The second-order valence-electron chi connectivity index (χ2n) is 6.95. The van der Waals surface area contributed by atoms with Gasteiger partial charge in [0.2, 0.25) is 0 Å². The number of aromatic amines is 1. The molecule has 1 aliphatic heterocycles. The van der Waals surface area contributed by atoms with Crippen LogP contribution in [0.4, 0.5) is 10.1 Å². The number of H-pyrrole nitrogens is 1. The summed E-state index contributed by atoms with van der Waals surface area (Å²) < 4.78 is 14.5. The lowest BCUT2D eigenvalue weighted by Gasteiger charge is -2.24. The van der Waals surface area contributed by atoms with Crippen LogP contribution in [0.1, 0.15) is 34.8 Å². The van der Waals surface area contributed by atoms with Crippen LogP contribution in [-0.2, 0) is 0 Å².